The molecule has 0 bridgehead atoms. The molecule has 0 amide bonds. The molecular weight excluding hydrogens is 482 g/mol. The van der Waals surface area contributed by atoms with Crippen molar-refractivity contribution in [3.8, 4) is 0 Å². The molecule has 2 N–H and O–H groups in total. The number of aromatic nitrogens is 1. The zero-order valence-corrected chi connectivity index (χ0v) is 23.6. The molecule has 0 spiro atoms. The molecule has 0 unspecified atom stereocenters. The summed E-state index contributed by atoms with van der Waals surface area (Å²) >= 11 is 0. The number of aliphatic hydroxyl groups excluding tert-OH is 2. The Morgan fingerprint density at radius 3 is 2.63 bits per heavy atom. The van der Waals surface area contributed by atoms with Crippen molar-refractivity contribution in [2.75, 3.05) is 0 Å². The summed E-state index contributed by atoms with van der Waals surface area (Å²) in [6.45, 7) is 13.0. The Labute approximate surface area is 227 Å². The van der Waals surface area contributed by atoms with Gasteiger partial charge < -0.3 is 19.7 Å². The SMILES string of the molecule is C=CCC[C@H]1C(=O)C(C)(C)[C@@H](O)CC(=O)O[C@H](C(C)=Cc2ccccn2)C[C@@H]2O[C@]2(C)CCC[C@H](C)[C@@H]1O. The summed E-state index contributed by atoms with van der Waals surface area (Å²) in [4.78, 5) is 31.1. The molecule has 0 aliphatic carbocycles. The molecule has 2 fully saturated rings. The molecule has 7 heteroatoms. The summed E-state index contributed by atoms with van der Waals surface area (Å²) in [7, 11) is 0. The molecule has 0 aromatic carbocycles. The number of allylic oxidation sites excluding steroid dienone is 1. The molecule has 3 heterocycles. The van der Waals surface area contributed by atoms with E-state index in [9.17, 15) is 19.8 Å². The highest BCUT2D eigenvalue weighted by Gasteiger charge is 2.53. The summed E-state index contributed by atoms with van der Waals surface area (Å²) in [6, 6.07) is 5.62. The number of epoxide rings is 1. The van der Waals surface area contributed by atoms with E-state index in [1.54, 1.807) is 26.1 Å². The van der Waals surface area contributed by atoms with Crippen LogP contribution in [0.4, 0.5) is 0 Å². The fourth-order valence-electron chi connectivity index (χ4n) is 5.48. The van der Waals surface area contributed by atoms with Crippen LogP contribution >= 0.6 is 0 Å². The number of carbonyl (C=O) groups excluding carboxylic acids is 2. The average molecular weight is 528 g/mol. The minimum atomic E-state index is -1.26. The van der Waals surface area contributed by atoms with Crippen LogP contribution in [0.25, 0.3) is 6.08 Å². The quantitative estimate of drug-likeness (QED) is 0.313. The minimum Gasteiger partial charge on any atom is -0.458 e. The lowest BCUT2D eigenvalue weighted by atomic mass is 9.71. The van der Waals surface area contributed by atoms with Crippen LogP contribution in [-0.2, 0) is 19.1 Å². The number of pyridine rings is 1. The Kier molecular flexibility index (Phi) is 10.1. The van der Waals surface area contributed by atoms with Crippen molar-refractivity contribution in [2.24, 2.45) is 17.3 Å². The van der Waals surface area contributed by atoms with E-state index in [1.165, 1.54) is 0 Å². The Balaban J connectivity index is 1.88. The van der Waals surface area contributed by atoms with Gasteiger partial charge in [-0.05, 0) is 69.2 Å². The zero-order valence-electron chi connectivity index (χ0n) is 23.6. The van der Waals surface area contributed by atoms with Crippen LogP contribution in [0.5, 0.6) is 0 Å². The Morgan fingerprint density at radius 2 is 1.97 bits per heavy atom. The lowest BCUT2D eigenvalue weighted by Gasteiger charge is -2.36. The molecule has 2 aliphatic heterocycles. The standard InChI is InChI=1S/C31H45NO6/c1-7-8-14-23-28(35)20(2)12-11-15-31(6)26(38-31)18-24(21(3)17-22-13-9-10-16-32-22)37-27(34)19-25(33)30(4,5)29(23)36/h7,9-10,13,16-17,20,23-26,28,33,35H,1,8,11-12,14-15,18-19H2,2-6H3/t20-,23+,24-,25-,26-,28-,31+/m0/s1. The third-order valence-corrected chi connectivity index (χ3v) is 8.48. The van der Waals surface area contributed by atoms with Crippen LogP contribution in [0.2, 0.25) is 0 Å². The van der Waals surface area contributed by atoms with Gasteiger partial charge >= 0.3 is 5.97 Å². The van der Waals surface area contributed by atoms with Crippen LogP contribution in [0.15, 0.2) is 42.6 Å². The molecule has 2 saturated heterocycles. The van der Waals surface area contributed by atoms with E-state index in [-0.39, 0.29) is 29.8 Å². The smallest absolute Gasteiger partial charge is 0.309 e. The minimum absolute atomic E-state index is 0.0659. The fraction of sp³-hybridized carbons (Fsp3) is 0.645. The lowest BCUT2D eigenvalue weighted by Crippen LogP contribution is -2.46. The third kappa shape index (κ3) is 7.39. The molecule has 38 heavy (non-hydrogen) atoms. The van der Waals surface area contributed by atoms with Gasteiger partial charge in [0, 0.05) is 18.5 Å². The molecule has 0 saturated carbocycles. The highest BCUT2D eigenvalue weighted by Crippen LogP contribution is 2.45. The van der Waals surface area contributed by atoms with Crippen molar-refractivity contribution in [1.29, 1.82) is 0 Å². The second-order valence-corrected chi connectivity index (χ2v) is 11.9. The number of Topliss-reactive ketones (excluding diaryl/α,β-unsaturated/α-hetero) is 1. The predicted molar refractivity (Wildman–Crippen MR) is 147 cm³/mol. The number of hydrogen-bond acceptors (Lipinski definition) is 7. The number of esters is 1. The van der Waals surface area contributed by atoms with E-state index in [1.807, 2.05) is 38.1 Å². The van der Waals surface area contributed by atoms with Gasteiger partial charge in [-0.1, -0.05) is 39.3 Å². The summed E-state index contributed by atoms with van der Waals surface area (Å²) in [5.41, 5.74) is 0.0338. The van der Waals surface area contributed by atoms with Crippen LogP contribution in [-0.4, -0.2) is 57.0 Å². The molecule has 1 aromatic heterocycles. The third-order valence-electron chi connectivity index (χ3n) is 8.48. The summed E-state index contributed by atoms with van der Waals surface area (Å²) in [6.07, 6.45) is 6.22. The van der Waals surface area contributed by atoms with Gasteiger partial charge in [-0.15, -0.1) is 6.58 Å². The summed E-state index contributed by atoms with van der Waals surface area (Å²) in [5, 5.41) is 22.3. The molecular formula is C31H45NO6. The number of hydrogen-bond donors (Lipinski definition) is 2. The second kappa shape index (κ2) is 12.7. The number of ether oxygens (including phenoxy) is 2. The predicted octanol–water partition coefficient (Wildman–Crippen LogP) is 5.05. The normalized spacial score (nSPS) is 35.2. The largest absolute Gasteiger partial charge is 0.458 e. The van der Waals surface area contributed by atoms with Gasteiger partial charge in [0.15, 0.2) is 0 Å². The monoisotopic (exact) mass is 527 g/mol. The molecule has 210 valence electrons. The first-order chi connectivity index (χ1) is 17.9. The van der Waals surface area contributed by atoms with E-state index in [0.717, 1.165) is 30.5 Å². The van der Waals surface area contributed by atoms with Crippen LogP contribution in [0.3, 0.4) is 0 Å². The van der Waals surface area contributed by atoms with Gasteiger partial charge in [-0.25, -0.2) is 0 Å². The van der Waals surface area contributed by atoms with E-state index in [4.69, 9.17) is 9.47 Å². The molecule has 0 radical (unpaired) electrons. The molecule has 2 aliphatic rings. The average Bonchev–Trinajstić information content (AvgIpc) is 3.51. The first-order valence-electron chi connectivity index (χ1n) is 13.9. The number of rotatable bonds is 5. The number of cyclic esters (lactones) is 1. The van der Waals surface area contributed by atoms with Gasteiger partial charge in [0.05, 0.1) is 41.4 Å². The van der Waals surface area contributed by atoms with Crippen LogP contribution in [0.1, 0.15) is 85.3 Å². The van der Waals surface area contributed by atoms with E-state index in [2.05, 4.69) is 18.5 Å². The number of fused-ring (bicyclic) bond motifs is 1. The van der Waals surface area contributed by atoms with Crippen molar-refractivity contribution in [2.45, 2.75) is 110 Å². The number of aliphatic hydroxyl groups is 2. The van der Waals surface area contributed by atoms with Crippen LogP contribution in [0, 0.1) is 17.3 Å². The second-order valence-electron chi connectivity index (χ2n) is 11.9. The lowest BCUT2D eigenvalue weighted by molar-refractivity contribution is -0.154. The molecule has 3 rings (SSSR count). The highest BCUT2D eigenvalue weighted by atomic mass is 16.6. The van der Waals surface area contributed by atoms with Gasteiger partial charge in [-0.3, -0.25) is 14.6 Å². The van der Waals surface area contributed by atoms with Crippen molar-refractivity contribution in [3.05, 3.63) is 48.3 Å². The van der Waals surface area contributed by atoms with E-state index < -0.39 is 35.6 Å². The molecule has 1 aromatic rings. The Hall–Kier alpha value is -2.35. The summed E-state index contributed by atoms with van der Waals surface area (Å²) in [5.74, 6) is -1.58. The number of nitrogens with zero attached hydrogens (tertiary/aromatic N) is 1. The summed E-state index contributed by atoms with van der Waals surface area (Å²) < 4.78 is 12.0. The maximum absolute atomic E-state index is 13.7. The molecule has 7 nitrogen and oxygen atoms in total. The number of carbonyl (C=O) groups is 2. The maximum Gasteiger partial charge on any atom is 0.309 e. The topological polar surface area (TPSA) is 109 Å². The first-order valence-corrected chi connectivity index (χ1v) is 13.9. The van der Waals surface area contributed by atoms with Gasteiger partial charge in [0.2, 0.25) is 0 Å². The van der Waals surface area contributed by atoms with E-state index >= 15 is 0 Å². The van der Waals surface area contributed by atoms with Crippen molar-refractivity contribution in [1.82, 2.24) is 4.98 Å². The van der Waals surface area contributed by atoms with Gasteiger partial charge in [-0.2, -0.15) is 0 Å². The van der Waals surface area contributed by atoms with Crippen molar-refractivity contribution >= 4 is 17.8 Å². The highest BCUT2D eigenvalue weighted by molar-refractivity contribution is 5.88. The maximum atomic E-state index is 13.7. The number of ketones is 1. The van der Waals surface area contributed by atoms with Gasteiger partial charge in [0.25, 0.3) is 0 Å². The fourth-order valence-corrected chi connectivity index (χ4v) is 5.48. The van der Waals surface area contributed by atoms with Crippen molar-refractivity contribution in [3.63, 3.8) is 0 Å². The Morgan fingerprint density at radius 1 is 1.24 bits per heavy atom. The van der Waals surface area contributed by atoms with Crippen LogP contribution < -0.4 is 0 Å². The van der Waals surface area contributed by atoms with E-state index in [0.29, 0.717) is 19.3 Å². The zero-order chi connectivity index (χ0) is 28.1. The molecule has 7 atom stereocenters. The van der Waals surface area contributed by atoms with Gasteiger partial charge in [0.1, 0.15) is 11.9 Å². The van der Waals surface area contributed by atoms with Crippen molar-refractivity contribution < 1.29 is 29.3 Å². The first kappa shape index (κ1) is 30.2. The Bertz CT molecular complexity index is 1000.